The summed E-state index contributed by atoms with van der Waals surface area (Å²) in [5.74, 6) is 1.04. The zero-order chi connectivity index (χ0) is 10.8. The Morgan fingerprint density at radius 1 is 1.40 bits per heavy atom. The van der Waals surface area contributed by atoms with Gasteiger partial charge in [-0.05, 0) is 37.9 Å². The molecule has 15 heavy (non-hydrogen) atoms. The van der Waals surface area contributed by atoms with Gasteiger partial charge in [0, 0.05) is 25.8 Å². The van der Waals surface area contributed by atoms with Crippen LogP contribution in [0.15, 0.2) is 12.1 Å². The average Bonchev–Trinajstić information content (AvgIpc) is 2.70. The molecule has 0 spiro atoms. The van der Waals surface area contributed by atoms with E-state index in [0.717, 1.165) is 18.1 Å². The Kier molecular flexibility index (Phi) is 2.91. The lowest BCUT2D eigenvalue weighted by molar-refractivity contribution is 0.639. The van der Waals surface area contributed by atoms with Crippen molar-refractivity contribution in [2.45, 2.75) is 25.8 Å². The maximum Gasteiger partial charge on any atom is 0.128 e. The summed E-state index contributed by atoms with van der Waals surface area (Å²) >= 11 is 0. The van der Waals surface area contributed by atoms with Crippen LogP contribution < -0.4 is 10.2 Å². The van der Waals surface area contributed by atoms with E-state index in [1.54, 1.807) is 0 Å². The number of aryl methyl sites for hydroxylation is 1. The minimum atomic E-state index is 0.522. The molecule has 1 aliphatic rings. The lowest BCUT2D eigenvalue weighted by Gasteiger charge is -2.17. The van der Waals surface area contributed by atoms with Crippen LogP contribution in [0.25, 0.3) is 0 Å². The third-order valence-corrected chi connectivity index (χ3v) is 3.01. The first kappa shape index (κ1) is 10.4. The van der Waals surface area contributed by atoms with Crippen LogP contribution >= 0.6 is 0 Å². The number of anilines is 1. The van der Waals surface area contributed by atoms with Crippen molar-refractivity contribution < 1.29 is 0 Å². The lowest BCUT2D eigenvalue weighted by atomic mass is 10.0. The molecule has 1 N–H and O–H groups in total. The molecule has 1 atom stereocenters. The first-order valence-corrected chi connectivity index (χ1v) is 5.57. The number of nitrogens with one attached hydrogen (secondary N) is 1. The topological polar surface area (TPSA) is 28.2 Å². The highest BCUT2D eigenvalue weighted by Crippen LogP contribution is 2.26. The third kappa shape index (κ3) is 2.12. The quantitative estimate of drug-likeness (QED) is 0.799. The van der Waals surface area contributed by atoms with E-state index in [1.165, 1.54) is 18.4 Å². The van der Waals surface area contributed by atoms with E-state index in [-0.39, 0.29) is 0 Å². The maximum atomic E-state index is 4.60. The molecule has 1 aliphatic heterocycles. The molecule has 1 saturated heterocycles. The Balaban J connectivity index is 2.25. The summed E-state index contributed by atoms with van der Waals surface area (Å²) in [6.45, 7) is 3.24. The molecule has 0 amide bonds. The molecule has 0 unspecified atom stereocenters. The van der Waals surface area contributed by atoms with E-state index in [9.17, 15) is 0 Å². The monoisotopic (exact) mass is 205 g/mol. The Morgan fingerprint density at radius 2 is 2.20 bits per heavy atom. The van der Waals surface area contributed by atoms with Crippen LogP contribution in [0.1, 0.15) is 30.1 Å². The van der Waals surface area contributed by atoms with Crippen molar-refractivity contribution in [2.75, 3.05) is 25.5 Å². The predicted molar refractivity (Wildman–Crippen MR) is 63.3 cm³/mol. The largest absolute Gasteiger partial charge is 0.363 e. The van der Waals surface area contributed by atoms with Crippen molar-refractivity contribution in [3.8, 4) is 0 Å². The van der Waals surface area contributed by atoms with Crippen molar-refractivity contribution in [3.05, 3.63) is 23.4 Å². The number of rotatable bonds is 2. The fourth-order valence-electron chi connectivity index (χ4n) is 2.13. The second kappa shape index (κ2) is 4.19. The molecule has 0 saturated carbocycles. The Hall–Kier alpha value is -1.09. The van der Waals surface area contributed by atoms with Crippen molar-refractivity contribution in [1.29, 1.82) is 0 Å². The molecule has 1 aromatic heterocycles. The van der Waals surface area contributed by atoms with Crippen LogP contribution in [-0.2, 0) is 0 Å². The number of pyridine rings is 1. The summed E-state index contributed by atoms with van der Waals surface area (Å²) in [5.41, 5.74) is 2.51. The van der Waals surface area contributed by atoms with E-state index in [2.05, 4.69) is 29.4 Å². The summed E-state index contributed by atoms with van der Waals surface area (Å²) in [6.07, 6.45) is 2.52. The second-order valence-corrected chi connectivity index (χ2v) is 4.39. The van der Waals surface area contributed by atoms with Gasteiger partial charge in [0.1, 0.15) is 5.82 Å². The predicted octanol–water partition coefficient (Wildman–Crippen LogP) is 1.88. The molecule has 2 heterocycles. The number of aromatic nitrogens is 1. The van der Waals surface area contributed by atoms with Crippen molar-refractivity contribution in [3.63, 3.8) is 0 Å². The van der Waals surface area contributed by atoms with E-state index in [0.29, 0.717) is 6.04 Å². The normalized spacial score (nSPS) is 20.6. The number of hydrogen-bond donors (Lipinski definition) is 1. The van der Waals surface area contributed by atoms with Crippen LogP contribution in [0.5, 0.6) is 0 Å². The van der Waals surface area contributed by atoms with Crippen molar-refractivity contribution >= 4 is 5.82 Å². The van der Waals surface area contributed by atoms with Gasteiger partial charge in [-0.2, -0.15) is 0 Å². The van der Waals surface area contributed by atoms with Gasteiger partial charge in [0.05, 0.1) is 0 Å². The third-order valence-electron chi connectivity index (χ3n) is 3.01. The standard InChI is InChI=1S/C12H19N3/c1-9-10(11-5-4-8-13-11)6-7-12(14-9)15(2)3/h6-7,11,13H,4-5,8H2,1-3H3/t11-/m1/s1. The first-order valence-electron chi connectivity index (χ1n) is 5.57. The Morgan fingerprint density at radius 3 is 2.73 bits per heavy atom. The number of hydrogen-bond acceptors (Lipinski definition) is 3. The fourth-order valence-corrected chi connectivity index (χ4v) is 2.13. The van der Waals surface area contributed by atoms with Gasteiger partial charge >= 0.3 is 0 Å². The van der Waals surface area contributed by atoms with Crippen LogP contribution in [0, 0.1) is 6.92 Å². The molecule has 0 bridgehead atoms. The summed E-state index contributed by atoms with van der Waals surface area (Å²) in [4.78, 5) is 6.64. The fraction of sp³-hybridized carbons (Fsp3) is 0.583. The van der Waals surface area contributed by atoms with Crippen molar-refractivity contribution in [1.82, 2.24) is 10.3 Å². The SMILES string of the molecule is Cc1nc(N(C)C)ccc1[C@H]1CCCN1. The molecule has 82 valence electrons. The summed E-state index contributed by atoms with van der Waals surface area (Å²) in [6, 6.07) is 4.83. The maximum absolute atomic E-state index is 4.60. The minimum Gasteiger partial charge on any atom is -0.363 e. The summed E-state index contributed by atoms with van der Waals surface area (Å²) in [7, 11) is 4.05. The molecule has 1 fully saturated rings. The molecule has 3 heteroatoms. The molecule has 1 aromatic rings. The van der Waals surface area contributed by atoms with Gasteiger partial charge in [-0.3, -0.25) is 0 Å². The van der Waals surface area contributed by atoms with E-state index >= 15 is 0 Å². The highest BCUT2D eigenvalue weighted by molar-refractivity contribution is 5.41. The van der Waals surface area contributed by atoms with Gasteiger partial charge in [0.15, 0.2) is 0 Å². The van der Waals surface area contributed by atoms with Crippen LogP contribution in [0.3, 0.4) is 0 Å². The zero-order valence-corrected chi connectivity index (χ0v) is 9.75. The highest BCUT2D eigenvalue weighted by Gasteiger charge is 2.18. The second-order valence-electron chi connectivity index (χ2n) is 4.39. The zero-order valence-electron chi connectivity index (χ0n) is 9.75. The van der Waals surface area contributed by atoms with Gasteiger partial charge in [-0.25, -0.2) is 4.98 Å². The van der Waals surface area contributed by atoms with Crippen LogP contribution in [0.4, 0.5) is 5.82 Å². The van der Waals surface area contributed by atoms with Gasteiger partial charge in [0.2, 0.25) is 0 Å². The number of nitrogens with zero attached hydrogens (tertiary/aromatic N) is 2. The molecule has 0 aliphatic carbocycles. The van der Waals surface area contributed by atoms with E-state index < -0.39 is 0 Å². The summed E-state index contributed by atoms with van der Waals surface area (Å²) < 4.78 is 0. The smallest absolute Gasteiger partial charge is 0.128 e. The minimum absolute atomic E-state index is 0.522. The average molecular weight is 205 g/mol. The molecule has 0 aromatic carbocycles. The molecular weight excluding hydrogens is 186 g/mol. The highest BCUT2D eigenvalue weighted by atomic mass is 15.1. The van der Waals surface area contributed by atoms with Gasteiger partial charge in [0.25, 0.3) is 0 Å². The van der Waals surface area contributed by atoms with E-state index in [4.69, 9.17) is 0 Å². The first-order chi connectivity index (χ1) is 7.18. The molecular formula is C12H19N3. The Labute approximate surface area is 91.5 Å². The van der Waals surface area contributed by atoms with Crippen LogP contribution in [0.2, 0.25) is 0 Å². The lowest BCUT2D eigenvalue weighted by Crippen LogP contribution is -2.16. The Bertz CT molecular complexity index is 341. The van der Waals surface area contributed by atoms with Crippen LogP contribution in [-0.4, -0.2) is 25.6 Å². The summed E-state index contributed by atoms with van der Waals surface area (Å²) in [5, 5.41) is 3.51. The van der Waals surface area contributed by atoms with Gasteiger partial charge in [-0.15, -0.1) is 0 Å². The van der Waals surface area contributed by atoms with Gasteiger partial charge < -0.3 is 10.2 Å². The van der Waals surface area contributed by atoms with E-state index in [1.807, 2.05) is 19.0 Å². The molecule has 0 radical (unpaired) electrons. The van der Waals surface area contributed by atoms with Gasteiger partial charge in [-0.1, -0.05) is 6.07 Å². The van der Waals surface area contributed by atoms with Crippen molar-refractivity contribution in [2.24, 2.45) is 0 Å². The molecule has 2 rings (SSSR count). The molecule has 3 nitrogen and oxygen atoms in total.